The van der Waals surface area contributed by atoms with Gasteiger partial charge in [-0.05, 0) is 78.5 Å². The number of anilines is 1. The second-order valence-electron chi connectivity index (χ2n) is 7.74. The molecule has 2 aliphatic rings. The molecule has 0 aliphatic carbocycles. The van der Waals surface area contributed by atoms with Crippen molar-refractivity contribution >= 4 is 17.5 Å². The Morgan fingerprint density at radius 2 is 1.90 bits per heavy atom. The van der Waals surface area contributed by atoms with Crippen LogP contribution >= 0.6 is 0 Å². The quantitative estimate of drug-likeness (QED) is 0.639. The van der Waals surface area contributed by atoms with Crippen LogP contribution in [0.25, 0.3) is 16.9 Å². The molecule has 5 rings (SSSR count). The molecule has 4 nitrogen and oxygen atoms in total. The Bertz CT molecular complexity index is 1030. The number of nitrogens with one attached hydrogen (secondary N) is 1. The van der Waals surface area contributed by atoms with Crippen molar-refractivity contribution in [2.45, 2.75) is 19.4 Å². The number of fused-ring (bicyclic) bond motifs is 1. The minimum atomic E-state index is 0.675. The fourth-order valence-corrected chi connectivity index (χ4v) is 4.07. The monoisotopic (exact) mass is 383 g/mol. The zero-order chi connectivity index (χ0) is 19.5. The van der Waals surface area contributed by atoms with Crippen LogP contribution in [0.1, 0.15) is 29.5 Å². The van der Waals surface area contributed by atoms with E-state index in [9.17, 15) is 0 Å². The number of aliphatic imine (C=N–C) groups is 1. The maximum absolute atomic E-state index is 5.56. The van der Waals surface area contributed by atoms with Gasteiger partial charge in [-0.1, -0.05) is 24.3 Å². The fourth-order valence-electron chi connectivity index (χ4n) is 4.07. The van der Waals surface area contributed by atoms with Crippen LogP contribution in [0.4, 0.5) is 5.69 Å². The van der Waals surface area contributed by atoms with Gasteiger partial charge in [0.05, 0.1) is 12.8 Å². The van der Waals surface area contributed by atoms with E-state index in [0.29, 0.717) is 6.54 Å². The number of nitrogens with zero attached hydrogens (tertiary/aromatic N) is 2. The van der Waals surface area contributed by atoms with Crippen molar-refractivity contribution in [3.63, 3.8) is 0 Å². The average molecular weight is 383 g/mol. The van der Waals surface area contributed by atoms with Gasteiger partial charge in [0.25, 0.3) is 0 Å². The highest BCUT2D eigenvalue weighted by Crippen LogP contribution is 2.29. The first-order valence-corrected chi connectivity index (χ1v) is 10.3. The number of furan rings is 1. The van der Waals surface area contributed by atoms with Crippen LogP contribution < -0.4 is 5.32 Å². The van der Waals surface area contributed by atoms with Gasteiger partial charge in [0.1, 0.15) is 5.76 Å². The molecule has 4 heteroatoms. The number of likely N-dealkylation sites (tertiary alicyclic amines) is 1. The summed E-state index contributed by atoms with van der Waals surface area (Å²) in [6.45, 7) is 4.19. The Morgan fingerprint density at radius 3 is 2.69 bits per heavy atom. The largest absolute Gasteiger partial charge is 0.464 e. The molecular formula is C25H25N3O. The highest BCUT2D eigenvalue weighted by molar-refractivity contribution is 5.93. The molecule has 3 aromatic rings. The molecule has 2 aliphatic heterocycles. The van der Waals surface area contributed by atoms with Gasteiger partial charge >= 0.3 is 0 Å². The number of hydrogen-bond donors (Lipinski definition) is 1. The van der Waals surface area contributed by atoms with Crippen LogP contribution in [0.5, 0.6) is 0 Å². The number of benzene rings is 2. The first-order chi connectivity index (χ1) is 14.3. The van der Waals surface area contributed by atoms with Crippen LogP contribution in [0.15, 0.2) is 76.5 Å². The van der Waals surface area contributed by atoms with Crippen LogP contribution in [-0.2, 0) is 6.54 Å². The Balaban J connectivity index is 1.32. The molecule has 0 bridgehead atoms. The van der Waals surface area contributed by atoms with Crippen LogP contribution in [-0.4, -0.2) is 30.7 Å². The van der Waals surface area contributed by atoms with Gasteiger partial charge in [-0.25, -0.2) is 0 Å². The van der Waals surface area contributed by atoms with Gasteiger partial charge in [0.2, 0.25) is 0 Å². The Labute approximate surface area is 171 Å². The van der Waals surface area contributed by atoms with E-state index in [2.05, 4.69) is 63.9 Å². The van der Waals surface area contributed by atoms with Crippen molar-refractivity contribution < 1.29 is 4.42 Å². The normalized spacial score (nSPS) is 17.6. The molecule has 1 saturated heterocycles. The number of hydrogen-bond acceptors (Lipinski definition) is 4. The second kappa shape index (κ2) is 8.10. The molecule has 0 radical (unpaired) electrons. The standard InChI is InChI=1S/C25H25N3O/c1-2-12-28(11-1)18-19-5-9-23(10-6-19)27-17-22-16-26-15-21-8-7-20(14-24(21)22)25-4-3-13-29-25/h3-10,13-15,17,27H,1-2,11-12,16,18H2. The summed E-state index contributed by atoms with van der Waals surface area (Å²) < 4.78 is 5.56. The van der Waals surface area contributed by atoms with Gasteiger partial charge in [-0.15, -0.1) is 0 Å². The molecule has 0 unspecified atom stereocenters. The molecule has 1 N–H and O–H groups in total. The summed E-state index contributed by atoms with van der Waals surface area (Å²) in [6.07, 6.45) is 8.40. The molecular weight excluding hydrogens is 358 g/mol. The minimum absolute atomic E-state index is 0.675. The van der Waals surface area contributed by atoms with Gasteiger partial charge in [0, 0.05) is 30.2 Å². The number of rotatable bonds is 5. The first kappa shape index (κ1) is 18.0. The van der Waals surface area contributed by atoms with Crippen molar-refractivity contribution in [3.05, 3.63) is 83.8 Å². The lowest BCUT2D eigenvalue weighted by Gasteiger charge is -2.16. The molecule has 3 heterocycles. The minimum Gasteiger partial charge on any atom is -0.464 e. The highest BCUT2D eigenvalue weighted by Gasteiger charge is 2.14. The SMILES string of the molecule is C1=NCC(=CNc2ccc(CN3CCCC3)cc2)c2cc(-c3ccco3)ccc21. The fraction of sp³-hybridized carbons (Fsp3) is 0.240. The summed E-state index contributed by atoms with van der Waals surface area (Å²) in [5.74, 6) is 0.885. The van der Waals surface area contributed by atoms with E-state index in [1.165, 1.54) is 42.6 Å². The molecule has 2 aromatic carbocycles. The average Bonchev–Trinajstić information content (AvgIpc) is 3.47. The van der Waals surface area contributed by atoms with Crippen molar-refractivity contribution in [2.75, 3.05) is 25.0 Å². The first-order valence-electron chi connectivity index (χ1n) is 10.3. The summed E-state index contributed by atoms with van der Waals surface area (Å²) in [5.41, 5.74) is 7.08. The van der Waals surface area contributed by atoms with Crippen molar-refractivity contribution in [1.29, 1.82) is 0 Å². The van der Waals surface area contributed by atoms with Crippen molar-refractivity contribution in [2.24, 2.45) is 4.99 Å². The molecule has 0 amide bonds. The molecule has 146 valence electrons. The van der Waals surface area contributed by atoms with E-state index >= 15 is 0 Å². The Hall–Kier alpha value is -3.11. The molecule has 29 heavy (non-hydrogen) atoms. The van der Waals surface area contributed by atoms with E-state index in [1.54, 1.807) is 6.26 Å². The van der Waals surface area contributed by atoms with Crippen LogP contribution in [0.3, 0.4) is 0 Å². The lowest BCUT2D eigenvalue weighted by molar-refractivity contribution is 0.331. The molecule has 1 aromatic heterocycles. The van der Waals surface area contributed by atoms with Crippen LogP contribution in [0.2, 0.25) is 0 Å². The van der Waals surface area contributed by atoms with E-state index in [4.69, 9.17) is 4.42 Å². The van der Waals surface area contributed by atoms with Gasteiger partial charge in [-0.3, -0.25) is 9.89 Å². The maximum atomic E-state index is 5.56. The van der Waals surface area contributed by atoms with E-state index in [0.717, 1.165) is 29.1 Å². The predicted octanol–water partition coefficient (Wildman–Crippen LogP) is 5.43. The lowest BCUT2D eigenvalue weighted by Crippen LogP contribution is -2.18. The Kier molecular flexibility index (Phi) is 5.01. The van der Waals surface area contributed by atoms with Crippen molar-refractivity contribution in [3.8, 4) is 11.3 Å². The highest BCUT2D eigenvalue weighted by atomic mass is 16.3. The maximum Gasteiger partial charge on any atom is 0.133 e. The zero-order valence-electron chi connectivity index (χ0n) is 16.5. The summed E-state index contributed by atoms with van der Waals surface area (Å²) >= 11 is 0. The molecule has 0 saturated carbocycles. The third-order valence-corrected chi connectivity index (χ3v) is 5.67. The third kappa shape index (κ3) is 4.03. The topological polar surface area (TPSA) is 40.8 Å². The summed E-state index contributed by atoms with van der Waals surface area (Å²) in [5, 5.41) is 3.46. The summed E-state index contributed by atoms with van der Waals surface area (Å²) in [6, 6.07) is 19.1. The van der Waals surface area contributed by atoms with E-state index in [1.807, 2.05) is 18.3 Å². The van der Waals surface area contributed by atoms with Gasteiger partial charge in [0.15, 0.2) is 0 Å². The third-order valence-electron chi connectivity index (χ3n) is 5.67. The smallest absolute Gasteiger partial charge is 0.133 e. The molecule has 1 fully saturated rings. The second-order valence-corrected chi connectivity index (χ2v) is 7.74. The summed E-state index contributed by atoms with van der Waals surface area (Å²) in [7, 11) is 0. The van der Waals surface area contributed by atoms with Crippen molar-refractivity contribution in [1.82, 2.24) is 4.90 Å². The lowest BCUT2D eigenvalue weighted by atomic mass is 9.95. The molecule has 0 atom stereocenters. The van der Waals surface area contributed by atoms with Gasteiger partial charge < -0.3 is 9.73 Å². The zero-order valence-corrected chi connectivity index (χ0v) is 16.5. The van der Waals surface area contributed by atoms with Gasteiger partial charge in [-0.2, -0.15) is 0 Å². The molecule has 0 spiro atoms. The van der Waals surface area contributed by atoms with E-state index in [-0.39, 0.29) is 0 Å². The Morgan fingerprint density at radius 1 is 1.03 bits per heavy atom. The predicted molar refractivity (Wildman–Crippen MR) is 119 cm³/mol. The van der Waals surface area contributed by atoms with Crippen LogP contribution in [0, 0.1) is 0 Å². The van der Waals surface area contributed by atoms with E-state index < -0.39 is 0 Å². The summed E-state index contributed by atoms with van der Waals surface area (Å²) in [4.78, 5) is 7.04.